The lowest BCUT2D eigenvalue weighted by Gasteiger charge is -2.20. The van der Waals surface area contributed by atoms with E-state index in [4.69, 9.17) is 0 Å². The average molecular weight is 376 g/mol. The molecule has 138 valence electrons. The molecule has 1 amide bonds. The number of benzene rings is 2. The van der Waals surface area contributed by atoms with E-state index in [9.17, 15) is 17.6 Å². The number of carbonyl (C=O) groups is 1. The molecule has 26 heavy (non-hydrogen) atoms. The summed E-state index contributed by atoms with van der Waals surface area (Å²) in [5.41, 5.74) is 1.61. The van der Waals surface area contributed by atoms with Crippen molar-refractivity contribution in [3.8, 4) is 0 Å². The van der Waals surface area contributed by atoms with Crippen LogP contribution in [0.25, 0.3) is 0 Å². The maximum Gasteiger partial charge on any atom is 0.243 e. The Hall–Kier alpha value is -2.51. The molecule has 1 N–H and O–H groups in total. The molecule has 0 aliphatic carbocycles. The van der Waals surface area contributed by atoms with Crippen LogP contribution in [-0.2, 0) is 21.2 Å². The third kappa shape index (κ3) is 4.77. The van der Waals surface area contributed by atoms with E-state index in [-0.39, 0.29) is 18.0 Å². The second kappa shape index (κ2) is 8.73. The fourth-order valence-corrected chi connectivity index (χ4v) is 3.81. The minimum atomic E-state index is -3.95. The molecule has 0 aromatic heterocycles. The van der Waals surface area contributed by atoms with Gasteiger partial charge in [0.05, 0.1) is 11.4 Å². The summed E-state index contributed by atoms with van der Waals surface area (Å²) in [7, 11) is -3.95. The first kappa shape index (κ1) is 19.8. The molecule has 0 saturated carbocycles. The Labute approximate surface area is 153 Å². The Bertz CT molecular complexity index is 880. The summed E-state index contributed by atoms with van der Waals surface area (Å²) in [6, 6.07) is 11.8. The number of hydrogen-bond acceptors (Lipinski definition) is 3. The lowest BCUT2D eigenvalue weighted by atomic mass is 10.1. The van der Waals surface area contributed by atoms with Crippen LogP contribution >= 0.6 is 0 Å². The van der Waals surface area contributed by atoms with E-state index in [0.29, 0.717) is 5.69 Å². The van der Waals surface area contributed by atoms with Crippen LogP contribution in [0.4, 0.5) is 10.1 Å². The summed E-state index contributed by atoms with van der Waals surface area (Å²) in [5.74, 6) is -0.994. The fourth-order valence-electron chi connectivity index (χ4n) is 2.45. The lowest BCUT2D eigenvalue weighted by Crippen LogP contribution is -2.38. The number of anilines is 1. The maximum absolute atomic E-state index is 13.1. The molecule has 2 aromatic rings. The quantitative estimate of drug-likeness (QED) is 0.720. The molecular formula is C19H21FN2O3S. The monoisotopic (exact) mass is 376 g/mol. The maximum atomic E-state index is 13.1. The van der Waals surface area contributed by atoms with E-state index in [2.05, 4.69) is 11.9 Å². The van der Waals surface area contributed by atoms with Gasteiger partial charge in [-0.1, -0.05) is 31.2 Å². The summed E-state index contributed by atoms with van der Waals surface area (Å²) in [5, 5.41) is 2.74. The van der Waals surface area contributed by atoms with Crippen LogP contribution in [0.5, 0.6) is 0 Å². The Morgan fingerprint density at radius 2 is 1.85 bits per heavy atom. The molecule has 0 atom stereocenters. The Morgan fingerprint density at radius 1 is 1.19 bits per heavy atom. The standard InChI is InChI=1S/C19H21FN2O3S/c1-3-13-22(26(24,25)17-11-9-16(20)10-12-17)14-19(23)21-18-8-6-5-7-15(18)4-2/h3,5-12H,1,4,13-14H2,2H3,(H,21,23). The minimum Gasteiger partial charge on any atom is -0.325 e. The van der Waals surface area contributed by atoms with Gasteiger partial charge in [-0.15, -0.1) is 6.58 Å². The van der Waals surface area contributed by atoms with Gasteiger partial charge in [-0.25, -0.2) is 12.8 Å². The van der Waals surface area contributed by atoms with Crippen molar-refractivity contribution in [2.75, 3.05) is 18.4 Å². The largest absolute Gasteiger partial charge is 0.325 e. The molecule has 0 bridgehead atoms. The van der Waals surface area contributed by atoms with E-state index >= 15 is 0 Å². The first-order valence-electron chi connectivity index (χ1n) is 8.13. The number of hydrogen-bond donors (Lipinski definition) is 1. The highest BCUT2D eigenvalue weighted by Crippen LogP contribution is 2.18. The van der Waals surface area contributed by atoms with Crippen molar-refractivity contribution in [3.05, 3.63) is 72.6 Å². The Kier molecular flexibility index (Phi) is 6.65. The first-order chi connectivity index (χ1) is 12.4. The highest BCUT2D eigenvalue weighted by molar-refractivity contribution is 7.89. The van der Waals surface area contributed by atoms with Crippen molar-refractivity contribution < 1.29 is 17.6 Å². The lowest BCUT2D eigenvalue weighted by molar-refractivity contribution is -0.116. The molecule has 0 unspecified atom stereocenters. The van der Waals surface area contributed by atoms with E-state index in [1.165, 1.54) is 18.2 Å². The van der Waals surface area contributed by atoms with Crippen molar-refractivity contribution in [2.45, 2.75) is 18.2 Å². The number of sulfonamides is 1. The van der Waals surface area contributed by atoms with Crippen LogP contribution < -0.4 is 5.32 Å². The van der Waals surface area contributed by atoms with Gasteiger partial charge >= 0.3 is 0 Å². The molecule has 0 fully saturated rings. The van der Waals surface area contributed by atoms with Gasteiger partial charge in [-0.05, 0) is 42.3 Å². The van der Waals surface area contributed by atoms with Gasteiger partial charge in [-0.3, -0.25) is 4.79 Å². The number of nitrogens with zero attached hydrogens (tertiary/aromatic N) is 1. The number of aryl methyl sites for hydroxylation is 1. The molecule has 0 aliphatic heterocycles. The van der Waals surface area contributed by atoms with Crippen LogP contribution in [0, 0.1) is 5.82 Å². The van der Waals surface area contributed by atoms with Gasteiger partial charge in [0.25, 0.3) is 0 Å². The normalized spacial score (nSPS) is 11.3. The van der Waals surface area contributed by atoms with Crippen molar-refractivity contribution in [1.29, 1.82) is 0 Å². The summed E-state index contributed by atoms with van der Waals surface area (Å²) in [6.07, 6.45) is 2.13. The third-order valence-electron chi connectivity index (χ3n) is 3.78. The van der Waals surface area contributed by atoms with Crippen LogP contribution in [0.15, 0.2) is 66.1 Å². The van der Waals surface area contributed by atoms with Gasteiger partial charge in [0, 0.05) is 12.2 Å². The molecule has 7 heteroatoms. The number of carbonyl (C=O) groups excluding carboxylic acids is 1. The number of para-hydroxylation sites is 1. The third-order valence-corrected chi connectivity index (χ3v) is 5.60. The molecule has 0 heterocycles. The smallest absolute Gasteiger partial charge is 0.243 e. The zero-order valence-electron chi connectivity index (χ0n) is 14.5. The van der Waals surface area contributed by atoms with Crippen LogP contribution in [0.3, 0.4) is 0 Å². The number of nitrogens with one attached hydrogen (secondary N) is 1. The second-order valence-electron chi connectivity index (χ2n) is 5.60. The van der Waals surface area contributed by atoms with Crippen molar-refractivity contribution in [2.24, 2.45) is 0 Å². The first-order valence-corrected chi connectivity index (χ1v) is 9.57. The van der Waals surface area contributed by atoms with E-state index < -0.39 is 21.7 Å². The molecule has 2 aromatic carbocycles. The predicted molar refractivity (Wildman–Crippen MR) is 99.8 cm³/mol. The molecule has 0 spiro atoms. The summed E-state index contributed by atoms with van der Waals surface area (Å²) < 4.78 is 39.5. The van der Waals surface area contributed by atoms with Crippen LogP contribution in [0.1, 0.15) is 12.5 Å². The zero-order valence-corrected chi connectivity index (χ0v) is 15.3. The number of rotatable bonds is 8. The van der Waals surface area contributed by atoms with E-state index in [1.807, 2.05) is 19.1 Å². The highest BCUT2D eigenvalue weighted by atomic mass is 32.2. The van der Waals surface area contributed by atoms with E-state index in [0.717, 1.165) is 28.4 Å². The van der Waals surface area contributed by atoms with Crippen molar-refractivity contribution in [3.63, 3.8) is 0 Å². The van der Waals surface area contributed by atoms with Gasteiger partial charge in [-0.2, -0.15) is 4.31 Å². The SMILES string of the molecule is C=CCN(CC(=O)Nc1ccccc1CC)S(=O)(=O)c1ccc(F)cc1. The van der Waals surface area contributed by atoms with Gasteiger partial charge < -0.3 is 5.32 Å². The Morgan fingerprint density at radius 3 is 2.46 bits per heavy atom. The molecule has 0 radical (unpaired) electrons. The number of halogens is 1. The molecule has 0 aliphatic rings. The zero-order chi connectivity index (χ0) is 19.2. The van der Waals surface area contributed by atoms with Gasteiger partial charge in [0.2, 0.25) is 15.9 Å². The Balaban J connectivity index is 2.20. The molecular weight excluding hydrogens is 355 g/mol. The second-order valence-corrected chi connectivity index (χ2v) is 7.54. The highest BCUT2D eigenvalue weighted by Gasteiger charge is 2.26. The van der Waals surface area contributed by atoms with Gasteiger partial charge in [0.1, 0.15) is 5.82 Å². The molecule has 0 saturated heterocycles. The van der Waals surface area contributed by atoms with Crippen molar-refractivity contribution >= 4 is 21.6 Å². The average Bonchev–Trinajstić information content (AvgIpc) is 2.62. The van der Waals surface area contributed by atoms with Crippen LogP contribution in [0.2, 0.25) is 0 Å². The summed E-state index contributed by atoms with van der Waals surface area (Å²) in [4.78, 5) is 12.3. The molecule has 2 rings (SSSR count). The van der Waals surface area contributed by atoms with Crippen LogP contribution in [-0.4, -0.2) is 31.7 Å². The fraction of sp³-hybridized carbons (Fsp3) is 0.211. The van der Waals surface area contributed by atoms with E-state index in [1.54, 1.807) is 12.1 Å². The topological polar surface area (TPSA) is 66.5 Å². The summed E-state index contributed by atoms with van der Waals surface area (Å²) >= 11 is 0. The summed E-state index contributed by atoms with van der Waals surface area (Å²) in [6.45, 7) is 5.10. The van der Waals surface area contributed by atoms with Crippen molar-refractivity contribution in [1.82, 2.24) is 4.31 Å². The number of amides is 1. The minimum absolute atomic E-state index is 0.0391. The van der Waals surface area contributed by atoms with Gasteiger partial charge in [0.15, 0.2) is 0 Å². The molecule has 5 nitrogen and oxygen atoms in total. The predicted octanol–water partition coefficient (Wildman–Crippen LogP) is 3.20.